The van der Waals surface area contributed by atoms with E-state index < -0.39 is 6.04 Å². The van der Waals surface area contributed by atoms with E-state index in [0.717, 1.165) is 11.4 Å². The van der Waals surface area contributed by atoms with E-state index in [0.29, 0.717) is 0 Å². The Morgan fingerprint density at radius 3 is 2.73 bits per heavy atom. The van der Waals surface area contributed by atoms with Crippen LogP contribution in [-0.4, -0.2) is 26.1 Å². The Balaban J connectivity index is 2.90. The summed E-state index contributed by atoms with van der Waals surface area (Å²) in [6.45, 7) is 1.67. The molecule has 1 unspecified atom stereocenters. The molecule has 0 aliphatic carbocycles. The molecule has 0 radical (unpaired) electrons. The van der Waals surface area contributed by atoms with E-state index in [9.17, 15) is 4.79 Å². The summed E-state index contributed by atoms with van der Waals surface area (Å²) in [7, 11) is 3.28. The highest BCUT2D eigenvalue weighted by Crippen LogP contribution is 2.20. The zero-order chi connectivity index (χ0) is 11.4. The van der Waals surface area contributed by atoms with Crippen LogP contribution in [0.15, 0.2) is 24.3 Å². The van der Waals surface area contributed by atoms with Crippen molar-refractivity contribution >= 4 is 11.6 Å². The highest BCUT2D eigenvalue weighted by Gasteiger charge is 2.14. The van der Waals surface area contributed by atoms with E-state index in [1.54, 1.807) is 27.1 Å². The number of nitrogens with two attached hydrogens (primary N) is 1. The number of hydrogen-bond donors (Lipinski definition) is 1. The Morgan fingerprint density at radius 2 is 2.20 bits per heavy atom. The zero-order valence-corrected chi connectivity index (χ0v) is 9.23. The van der Waals surface area contributed by atoms with E-state index in [-0.39, 0.29) is 5.91 Å². The van der Waals surface area contributed by atoms with Gasteiger partial charge in [-0.05, 0) is 19.1 Å². The van der Waals surface area contributed by atoms with E-state index in [1.165, 1.54) is 4.90 Å². The number of methoxy groups -OCH3 is 1. The van der Waals surface area contributed by atoms with Gasteiger partial charge in [0.15, 0.2) is 0 Å². The van der Waals surface area contributed by atoms with Crippen molar-refractivity contribution in [3.05, 3.63) is 24.3 Å². The summed E-state index contributed by atoms with van der Waals surface area (Å²) in [5, 5.41) is 0. The maximum Gasteiger partial charge on any atom is 0.243 e. The molecule has 0 fully saturated rings. The topological polar surface area (TPSA) is 55.6 Å². The number of rotatable bonds is 3. The molecule has 1 aromatic carbocycles. The molecule has 0 heterocycles. The van der Waals surface area contributed by atoms with Crippen LogP contribution >= 0.6 is 0 Å². The first-order valence-electron chi connectivity index (χ1n) is 4.73. The zero-order valence-electron chi connectivity index (χ0n) is 9.23. The summed E-state index contributed by atoms with van der Waals surface area (Å²) < 4.78 is 5.08. The van der Waals surface area contributed by atoms with Crippen LogP contribution in [0.1, 0.15) is 6.92 Å². The lowest BCUT2D eigenvalue weighted by Crippen LogP contribution is -2.39. The minimum Gasteiger partial charge on any atom is -0.497 e. The van der Waals surface area contributed by atoms with Gasteiger partial charge in [-0.1, -0.05) is 6.07 Å². The molecule has 0 aliphatic heterocycles. The summed E-state index contributed by atoms with van der Waals surface area (Å²) >= 11 is 0. The number of anilines is 1. The molecule has 0 spiro atoms. The minimum absolute atomic E-state index is 0.122. The standard InChI is InChI=1S/C11H16N2O2/c1-8(12)11(14)13(2)9-5-4-6-10(7-9)15-3/h4-8H,12H2,1-3H3. The molecule has 0 bridgehead atoms. The van der Waals surface area contributed by atoms with Crippen LogP contribution < -0.4 is 15.4 Å². The van der Waals surface area contributed by atoms with Crippen molar-refractivity contribution in [2.45, 2.75) is 13.0 Å². The smallest absolute Gasteiger partial charge is 0.243 e. The minimum atomic E-state index is -0.499. The van der Waals surface area contributed by atoms with Crippen LogP contribution in [0.25, 0.3) is 0 Å². The van der Waals surface area contributed by atoms with Gasteiger partial charge in [0.25, 0.3) is 0 Å². The molecule has 1 atom stereocenters. The summed E-state index contributed by atoms with van der Waals surface area (Å²) in [5.41, 5.74) is 6.30. The normalized spacial score (nSPS) is 12.0. The van der Waals surface area contributed by atoms with Gasteiger partial charge >= 0.3 is 0 Å². The number of likely N-dealkylation sites (N-methyl/N-ethyl adjacent to an activating group) is 1. The molecule has 1 amide bonds. The number of hydrogen-bond acceptors (Lipinski definition) is 3. The molecular formula is C11H16N2O2. The Bertz CT molecular complexity index is 350. The van der Waals surface area contributed by atoms with Gasteiger partial charge in [-0.3, -0.25) is 4.79 Å². The van der Waals surface area contributed by atoms with Crippen LogP contribution in [0.5, 0.6) is 5.75 Å². The molecule has 1 rings (SSSR count). The second-order valence-corrected chi connectivity index (χ2v) is 3.39. The number of ether oxygens (including phenoxy) is 1. The highest BCUT2D eigenvalue weighted by atomic mass is 16.5. The third-order valence-electron chi connectivity index (χ3n) is 2.16. The molecule has 4 nitrogen and oxygen atoms in total. The number of carbonyl (C=O) groups excluding carboxylic acids is 1. The van der Waals surface area contributed by atoms with Crippen molar-refractivity contribution in [2.24, 2.45) is 5.73 Å². The maximum atomic E-state index is 11.6. The average Bonchev–Trinajstić information content (AvgIpc) is 2.27. The molecule has 2 N–H and O–H groups in total. The quantitative estimate of drug-likeness (QED) is 0.806. The van der Waals surface area contributed by atoms with Gasteiger partial charge in [0, 0.05) is 18.8 Å². The number of carbonyl (C=O) groups is 1. The third kappa shape index (κ3) is 2.70. The van der Waals surface area contributed by atoms with E-state index in [4.69, 9.17) is 10.5 Å². The van der Waals surface area contributed by atoms with Crippen molar-refractivity contribution in [1.82, 2.24) is 0 Å². The third-order valence-corrected chi connectivity index (χ3v) is 2.16. The van der Waals surface area contributed by atoms with Gasteiger partial charge in [0.05, 0.1) is 13.2 Å². The van der Waals surface area contributed by atoms with Crippen molar-refractivity contribution in [3.8, 4) is 5.75 Å². The van der Waals surface area contributed by atoms with Gasteiger partial charge < -0.3 is 15.4 Å². The van der Waals surface area contributed by atoms with Gasteiger partial charge in [0.2, 0.25) is 5.91 Å². The van der Waals surface area contributed by atoms with Crippen LogP contribution in [0, 0.1) is 0 Å². The average molecular weight is 208 g/mol. The lowest BCUT2D eigenvalue weighted by atomic mass is 10.2. The first-order chi connectivity index (χ1) is 7.06. The molecule has 0 saturated heterocycles. The highest BCUT2D eigenvalue weighted by molar-refractivity contribution is 5.96. The summed E-state index contributed by atoms with van der Waals surface area (Å²) in [6.07, 6.45) is 0. The van der Waals surface area contributed by atoms with Crippen LogP contribution in [-0.2, 0) is 4.79 Å². The van der Waals surface area contributed by atoms with Crippen molar-refractivity contribution < 1.29 is 9.53 Å². The SMILES string of the molecule is COc1cccc(N(C)C(=O)C(C)N)c1. The molecule has 0 aromatic heterocycles. The Labute approximate surface area is 89.6 Å². The monoisotopic (exact) mass is 208 g/mol. The molecule has 15 heavy (non-hydrogen) atoms. The van der Waals surface area contributed by atoms with Gasteiger partial charge in [-0.2, -0.15) is 0 Å². The van der Waals surface area contributed by atoms with E-state index in [2.05, 4.69) is 0 Å². The van der Waals surface area contributed by atoms with Gasteiger partial charge in [-0.15, -0.1) is 0 Å². The van der Waals surface area contributed by atoms with Crippen molar-refractivity contribution in [1.29, 1.82) is 0 Å². The fraction of sp³-hybridized carbons (Fsp3) is 0.364. The second kappa shape index (κ2) is 4.79. The molecule has 0 aliphatic rings. The fourth-order valence-corrected chi connectivity index (χ4v) is 1.25. The van der Waals surface area contributed by atoms with Crippen LogP contribution in [0.3, 0.4) is 0 Å². The molecule has 1 aromatic rings. The molecule has 0 saturated carbocycles. The first-order valence-corrected chi connectivity index (χ1v) is 4.73. The predicted molar refractivity (Wildman–Crippen MR) is 60.1 cm³/mol. The summed E-state index contributed by atoms with van der Waals surface area (Å²) in [6, 6.07) is 6.79. The number of amides is 1. The van der Waals surface area contributed by atoms with Crippen molar-refractivity contribution in [3.63, 3.8) is 0 Å². The number of benzene rings is 1. The Kier molecular flexibility index (Phi) is 3.68. The summed E-state index contributed by atoms with van der Waals surface area (Å²) in [4.78, 5) is 13.1. The molecular weight excluding hydrogens is 192 g/mol. The van der Waals surface area contributed by atoms with Gasteiger partial charge in [-0.25, -0.2) is 0 Å². The van der Waals surface area contributed by atoms with E-state index >= 15 is 0 Å². The lowest BCUT2D eigenvalue weighted by molar-refractivity contribution is -0.119. The van der Waals surface area contributed by atoms with Crippen LogP contribution in [0.2, 0.25) is 0 Å². The lowest BCUT2D eigenvalue weighted by Gasteiger charge is -2.19. The second-order valence-electron chi connectivity index (χ2n) is 3.39. The Hall–Kier alpha value is -1.55. The number of nitrogens with zero attached hydrogens (tertiary/aromatic N) is 1. The fourth-order valence-electron chi connectivity index (χ4n) is 1.25. The Morgan fingerprint density at radius 1 is 1.53 bits per heavy atom. The predicted octanol–water partition coefficient (Wildman–Crippen LogP) is 1.01. The molecule has 4 heteroatoms. The van der Waals surface area contributed by atoms with Crippen molar-refractivity contribution in [2.75, 3.05) is 19.1 Å². The van der Waals surface area contributed by atoms with E-state index in [1.807, 2.05) is 18.2 Å². The first kappa shape index (κ1) is 11.5. The maximum absolute atomic E-state index is 11.6. The summed E-state index contributed by atoms with van der Waals surface area (Å²) in [5.74, 6) is 0.597. The largest absolute Gasteiger partial charge is 0.497 e. The van der Waals surface area contributed by atoms with Gasteiger partial charge in [0.1, 0.15) is 5.75 Å². The van der Waals surface area contributed by atoms with Crippen LogP contribution in [0.4, 0.5) is 5.69 Å². The molecule has 82 valence electrons.